The maximum atomic E-state index is 13.1. The molecule has 3 rings (SSSR count). The standard InChI is InChI=1S/C17H14F2N2O2S2/c18-13-6-4-12(5-7-13)17-21-15(11-24-17)8-9-20-25(22,23)16-3-1-2-14(19)10-16/h1-7,10-11,20H,8-9H2. The summed E-state index contributed by atoms with van der Waals surface area (Å²) >= 11 is 1.40. The average Bonchev–Trinajstić information content (AvgIpc) is 3.04. The summed E-state index contributed by atoms with van der Waals surface area (Å²) in [5.41, 5.74) is 1.53. The Morgan fingerprint density at radius 1 is 1.04 bits per heavy atom. The van der Waals surface area contributed by atoms with Gasteiger partial charge in [0.2, 0.25) is 10.0 Å². The number of nitrogens with one attached hydrogen (secondary N) is 1. The van der Waals surface area contributed by atoms with Gasteiger partial charge in [0.1, 0.15) is 16.6 Å². The molecule has 0 unspecified atom stereocenters. The SMILES string of the molecule is O=S(=O)(NCCc1csc(-c2ccc(F)cc2)n1)c1cccc(F)c1. The number of halogens is 2. The zero-order valence-corrected chi connectivity index (χ0v) is 14.6. The van der Waals surface area contributed by atoms with Crippen LogP contribution in [0.5, 0.6) is 0 Å². The highest BCUT2D eigenvalue weighted by molar-refractivity contribution is 7.89. The molecular weight excluding hydrogens is 366 g/mol. The molecule has 0 aliphatic rings. The van der Waals surface area contributed by atoms with E-state index in [1.807, 2.05) is 5.38 Å². The smallest absolute Gasteiger partial charge is 0.240 e. The van der Waals surface area contributed by atoms with Crippen molar-refractivity contribution in [1.29, 1.82) is 0 Å². The zero-order valence-electron chi connectivity index (χ0n) is 12.9. The van der Waals surface area contributed by atoms with Crippen LogP contribution >= 0.6 is 11.3 Å². The minimum atomic E-state index is -3.76. The van der Waals surface area contributed by atoms with Gasteiger partial charge >= 0.3 is 0 Å². The lowest BCUT2D eigenvalue weighted by molar-refractivity contribution is 0.577. The number of nitrogens with zero attached hydrogens (tertiary/aromatic N) is 1. The van der Waals surface area contributed by atoms with Crippen molar-refractivity contribution in [3.8, 4) is 10.6 Å². The fourth-order valence-electron chi connectivity index (χ4n) is 2.18. The van der Waals surface area contributed by atoms with Crippen molar-refractivity contribution >= 4 is 21.4 Å². The van der Waals surface area contributed by atoms with E-state index in [1.54, 1.807) is 12.1 Å². The van der Waals surface area contributed by atoms with Gasteiger partial charge in [-0.05, 0) is 42.5 Å². The predicted molar refractivity (Wildman–Crippen MR) is 92.8 cm³/mol. The Hall–Kier alpha value is -2.16. The van der Waals surface area contributed by atoms with Gasteiger partial charge in [0.05, 0.1) is 10.6 Å². The van der Waals surface area contributed by atoms with Gasteiger partial charge in [0, 0.05) is 23.9 Å². The molecule has 0 amide bonds. The summed E-state index contributed by atoms with van der Waals surface area (Å²) < 4.78 is 52.7. The summed E-state index contributed by atoms with van der Waals surface area (Å²) in [6.07, 6.45) is 0.395. The summed E-state index contributed by atoms with van der Waals surface area (Å²) in [5, 5.41) is 2.57. The quantitative estimate of drug-likeness (QED) is 0.711. The largest absolute Gasteiger partial charge is 0.241 e. The second-order valence-electron chi connectivity index (χ2n) is 5.26. The van der Waals surface area contributed by atoms with Crippen LogP contribution in [0.15, 0.2) is 58.8 Å². The summed E-state index contributed by atoms with van der Waals surface area (Å²) in [6.45, 7) is 0.144. The number of hydrogen-bond donors (Lipinski definition) is 1. The van der Waals surface area contributed by atoms with Gasteiger partial charge in [-0.1, -0.05) is 6.07 Å². The molecular formula is C17H14F2N2O2S2. The van der Waals surface area contributed by atoms with Crippen LogP contribution in [0.1, 0.15) is 5.69 Å². The third-order valence-corrected chi connectivity index (χ3v) is 5.82. The van der Waals surface area contributed by atoms with E-state index in [-0.39, 0.29) is 17.3 Å². The van der Waals surface area contributed by atoms with Crippen molar-refractivity contribution in [1.82, 2.24) is 9.71 Å². The molecule has 0 aliphatic heterocycles. The molecule has 8 heteroatoms. The summed E-state index contributed by atoms with van der Waals surface area (Å²) in [5.74, 6) is -0.918. The highest BCUT2D eigenvalue weighted by atomic mass is 32.2. The Labute approximate surface area is 148 Å². The molecule has 25 heavy (non-hydrogen) atoms. The Morgan fingerprint density at radius 3 is 2.52 bits per heavy atom. The van der Waals surface area contributed by atoms with Crippen molar-refractivity contribution in [3.05, 3.63) is 71.2 Å². The van der Waals surface area contributed by atoms with E-state index >= 15 is 0 Å². The Balaban J connectivity index is 1.62. The normalized spacial score (nSPS) is 11.6. The van der Waals surface area contributed by atoms with Gasteiger partial charge in [-0.3, -0.25) is 0 Å². The molecule has 4 nitrogen and oxygen atoms in total. The Bertz CT molecular complexity index is 970. The highest BCUT2D eigenvalue weighted by Crippen LogP contribution is 2.24. The van der Waals surface area contributed by atoms with E-state index in [2.05, 4.69) is 9.71 Å². The molecule has 0 saturated carbocycles. The van der Waals surface area contributed by atoms with Crippen molar-refractivity contribution < 1.29 is 17.2 Å². The molecule has 0 saturated heterocycles. The van der Waals surface area contributed by atoms with Gasteiger partial charge in [-0.15, -0.1) is 11.3 Å². The zero-order chi connectivity index (χ0) is 17.9. The van der Waals surface area contributed by atoms with Crippen molar-refractivity contribution in [2.24, 2.45) is 0 Å². The van der Waals surface area contributed by atoms with Crippen LogP contribution in [0.3, 0.4) is 0 Å². The first kappa shape index (κ1) is 17.7. The third kappa shape index (κ3) is 4.47. The van der Waals surface area contributed by atoms with Crippen molar-refractivity contribution in [2.75, 3.05) is 6.54 Å². The second-order valence-corrected chi connectivity index (χ2v) is 7.88. The molecule has 0 fully saturated rings. The molecule has 0 bridgehead atoms. The summed E-state index contributed by atoms with van der Waals surface area (Å²) in [7, 11) is -3.76. The van der Waals surface area contributed by atoms with E-state index in [0.29, 0.717) is 6.42 Å². The molecule has 1 aromatic heterocycles. The van der Waals surface area contributed by atoms with Gasteiger partial charge in [0.15, 0.2) is 0 Å². The Kier molecular flexibility index (Phi) is 5.22. The third-order valence-electron chi connectivity index (χ3n) is 3.42. The molecule has 3 aromatic rings. The molecule has 0 spiro atoms. The molecule has 0 radical (unpaired) electrons. The summed E-state index contributed by atoms with van der Waals surface area (Å²) in [4.78, 5) is 4.30. The number of benzene rings is 2. The van der Waals surface area contributed by atoms with Gasteiger partial charge in [0.25, 0.3) is 0 Å². The summed E-state index contributed by atoms with van der Waals surface area (Å²) in [6, 6.07) is 10.9. The van der Waals surface area contributed by atoms with E-state index < -0.39 is 15.8 Å². The van der Waals surface area contributed by atoms with Crippen LogP contribution in [0.4, 0.5) is 8.78 Å². The molecule has 0 aliphatic carbocycles. The molecule has 0 atom stereocenters. The van der Waals surface area contributed by atoms with Gasteiger partial charge in [-0.2, -0.15) is 0 Å². The van der Waals surface area contributed by atoms with Crippen molar-refractivity contribution in [3.63, 3.8) is 0 Å². The van der Waals surface area contributed by atoms with E-state index in [0.717, 1.165) is 22.3 Å². The van der Waals surface area contributed by atoms with E-state index in [1.165, 1.54) is 41.7 Å². The van der Waals surface area contributed by atoms with E-state index in [9.17, 15) is 17.2 Å². The molecule has 130 valence electrons. The maximum Gasteiger partial charge on any atom is 0.240 e. The Morgan fingerprint density at radius 2 is 1.80 bits per heavy atom. The van der Waals surface area contributed by atoms with Crippen LogP contribution in [-0.2, 0) is 16.4 Å². The van der Waals surface area contributed by atoms with Crippen LogP contribution in [-0.4, -0.2) is 19.9 Å². The van der Waals surface area contributed by atoms with Crippen LogP contribution in [0.2, 0.25) is 0 Å². The van der Waals surface area contributed by atoms with E-state index in [4.69, 9.17) is 0 Å². The molecule has 1 N–H and O–H groups in total. The number of hydrogen-bond acceptors (Lipinski definition) is 4. The minimum Gasteiger partial charge on any atom is -0.241 e. The monoisotopic (exact) mass is 380 g/mol. The molecule has 2 aromatic carbocycles. The fourth-order valence-corrected chi connectivity index (χ4v) is 4.10. The van der Waals surface area contributed by atoms with Crippen LogP contribution < -0.4 is 4.72 Å². The topological polar surface area (TPSA) is 59.1 Å². The lowest BCUT2D eigenvalue weighted by atomic mass is 10.2. The first-order valence-corrected chi connectivity index (χ1v) is 9.76. The highest BCUT2D eigenvalue weighted by Gasteiger charge is 2.14. The number of aromatic nitrogens is 1. The first-order valence-electron chi connectivity index (χ1n) is 7.40. The van der Waals surface area contributed by atoms with Crippen molar-refractivity contribution in [2.45, 2.75) is 11.3 Å². The minimum absolute atomic E-state index is 0.113. The van der Waals surface area contributed by atoms with Crippen LogP contribution in [0.25, 0.3) is 10.6 Å². The number of rotatable bonds is 6. The molecule has 1 heterocycles. The fraction of sp³-hybridized carbons (Fsp3) is 0.118. The predicted octanol–water partition coefficient (Wildman–Crippen LogP) is 3.61. The van der Waals surface area contributed by atoms with Gasteiger partial charge < -0.3 is 0 Å². The number of thiazole rings is 1. The lowest BCUT2D eigenvalue weighted by Gasteiger charge is -2.05. The first-order chi connectivity index (χ1) is 11.9. The second kappa shape index (κ2) is 7.38. The van der Waals surface area contributed by atoms with Crippen LogP contribution in [0, 0.1) is 11.6 Å². The average molecular weight is 380 g/mol. The lowest BCUT2D eigenvalue weighted by Crippen LogP contribution is -2.26. The maximum absolute atomic E-state index is 13.1. The number of sulfonamides is 1. The van der Waals surface area contributed by atoms with Gasteiger partial charge in [-0.25, -0.2) is 26.9 Å².